The van der Waals surface area contributed by atoms with Gasteiger partial charge in [-0.2, -0.15) is 20.4 Å². The van der Waals surface area contributed by atoms with E-state index < -0.39 is 35.0 Å². The van der Waals surface area contributed by atoms with Crippen molar-refractivity contribution in [1.29, 1.82) is 5.26 Å². The van der Waals surface area contributed by atoms with Crippen LogP contribution in [0.4, 0.5) is 35.1 Å². The Labute approximate surface area is 325 Å². The molecule has 0 bridgehead atoms. The van der Waals surface area contributed by atoms with Crippen LogP contribution in [-0.2, 0) is 34.0 Å². The van der Waals surface area contributed by atoms with E-state index in [1.807, 2.05) is 19.0 Å². The van der Waals surface area contributed by atoms with Crippen LogP contribution in [0.5, 0.6) is 0 Å². The zero-order chi connectivity index (χ0) is 40.3. The van der Waals surface area contributed by atoms with Crippen LogP contribution in [0, 0.1) is 23.0 Å². The summed E-state index contributed by atoms with van der Waals surface area (Å²) in [5.41, 5.74) is -0.884. The predicted molar refractivity (Wildman–Crippen MR) is 205 cm³/mol. The molecule has 1 fully saturated rings. The monoisotopic (exact) mass is 786 g/mol. The summed E-state index contributed by atoms with van der Waals surface area (Å²) in [6, 6.07) is 5.61. The average Bonchev–Trinajstić information content (AvgIpc) is 3.71. The van der Waals surface area contributed by atoms with Crippen molar-refractivity contribution in [2.24, 2.45) is 0 Å². The second-order valence-corrected chi connectivity index (χ2v) is 16.7. The highest BCUT2D eigenvalue weighted by Gasteiger charge is 2.37. The van der Waals surface area contributed by atoms with Crippen LogP contribution in [0.3, 0.4) is 0 Å². The number of nitrogens with one attached hydrogen (secondary N) is 1. The molecule has 0 saturated carbocycles. The quantitative estimate of drug-likeness (QED) is 0.181. The first kappa shape index (κ1) is 38.6. The van der Waals surface area contributed by atoms with Gasteiger partial charge in [0.15, 0.2) is 17.5 Å². The topological polar surface area (TPSA) is 172 Å². The van der Waals surface area contributed by atoms with Gasteiger partial charge < -0.3 is 24.0 Å². The summed E-state index contributed by atoms with van der Waals surface area (Å²) in [6.45, 7) is 11.1. The number of nitriles is 1. The van der Waals surface area contributed by atoms with Crippen molar-refractivity contribution in [3.63, 3.8) is 0 Å². The number of thiophene rings is 1. The summed E-state index contributed by atoms with van der Waals surface area (Å²) in [4.78, 5) is 46.2. The van der Waals surface area contributed by atoms with Crippen LogP contribution in [0.15, 0.2) is 24.5 Å². The molecule has 0 aliphatic carbocycles. The zero-order valence-electron chi connectivity index (χ0n) is 32.2. The number of hydrogen-bond donors (Lipinski definition) is 1. The van der Waals surface area contributed by atoms with Crippen LogP contribution < -0.4 is 15.1 Å². The number of nitrogens with zero attached hydrogens (tertiary/aromatic N) is 9. The van der Waals surface area contributed by atoms with Crippen molar-refractivity contribution in [1.82, 2.24) is 30.0 Å². The Balaban J connectivity index is 1.49. The molecule has 0 radical (unpaired) electrons. The van der Waals surface area contributed by atoms with Crippen LogP contribution in [0.2, 0.25) is 0 Å². The number of amides is 2. The minimum Gasteiger partial charge on any atom is -0.444 e. The van der Waals surface area contributed by atoms with Gasteiger partial charge in [0.25, 0.3) is 0 Å². The Hall–Kier alpha value is -5.64. The highest BCUT2D eigenvalue weighted by Crippen LogP contribution is 2.47. The first-order valence-electron chi connectivity index (χ1n) is 17.8. The smallest absolute Gasteiger partial charge is 0.416 e. The van der Waals surface area contributed by atoms with E-state index in [0.29, 0.717) is 29.9 Å². The van der Waals surface area contributed by atoms with E-state index in [9.17, 15) is 14.9 Å². The maximum Gasteiger partial charge on any atom is 0.416 e. The minimum atomic E-state index is -0.904. The Bertz CT molecular complexity index is 2420. The van der Waals surface area contributed by atoms with Crippen molar-refractivity contribution in [2.45, 2.75) is 78.5 Å². The highest BCUT2D eigenvalue weighted by atomic mass is 32.1. The third kappa shape index (κ3) is 7.36. The third-order valence-electron chi connectivity index (χ3n) is 9.09. The maximum absolute atomic E-state index is 17.8. The lowest BCUT2D eigenvalue weighted by Crippen LogP contribution is -2.58. The van der Waals surface area contributed by atoms with Gasteiger partial charge in [0.2, 0.25) is 5.95 Å². The number of hydrogen-bond acceptors (Lipinski definition) is 14. The molecule has 2 aliphatic heterocycles. The largest absolute Gasteiger partial charge is 0.444 e. The summed E-state index contributed by atoms with van der Waals surface area (Å²) in [5.74, 6) is -1.38. The molecule has 56 heavy (non-hydrogen) atoms. The number of fused-ring (bicyclic) bond motifs is 4. The number of carbonyl (C=O) groups excluding carboxylic acids is 2. The lowest BCUT2D eigenvalue weighted by atomic mass is 9.93. The third-order valence-corrected chi connectivity index (χ3v) is 10.2. The van der Waals surface area contributed by atoms with E-state index in [0.717, 1.165) is 17.5 Å². The number of likely N-dealkylation sites (N-methyl/N-ethyl adjacent to an activating group) is 1. The van der Waals surface area contributed by atoms with Gasteiger partial charge in [-0.25, -0.2) is 23.4 Å². The summed E-state index contributed by atoms with van der Waals surface area (Å²) >= 11 is 0.807. The maximum atomic E-state index is 17.8. The molecule has 0 spiro atoms. The molecule has 0 atom stereocenters. The SMILES string of the molecule is CN(C)C1CN(c2nc(N(Cc3cccnn3)C(=O)OC(C)(C)C)c3c4c(c(-c5ncc(F)c6sc(NC(=O)OC(C)(C)C)c(C#N)c56)c(F)c3n2)COC4)C1. The van der Waals surface area contributed by atoms with Gasteiger partial charge in [-0.05, 0) is 78.9 Å². The molecule has 5 aromatic rings. The zero-order valence-corrected chi connectivity index (χ0v) is 33.0. The van der Waals surface area contributed by atoms with Crippen LogP contribution in [0.1, 0.15) is 63.9 Å². The first-order chi connectivity index (χ1) is 26.4. The lowest BCUT2D eigenvalue weighted by molar-refractivity contribution is 0.0574. The number of pyridine rings is 1. The van der Waals surface area contributed by atoms with E-state index in [4.69, 9.17) is 24.2 Å². The molecule has 292 valence electrons. The van der Waals surface area contributed by atoms with Crippen molar-refractivity contribution >= 4 is 61.3 Å². The number of rotatable bonds is 7. The Morgan fingerprint density at radius 1 is 1.07 bits per heavy atom. The van der Waals surface area contributed by atoms with Gasteiger partial charge in [-0.3, -0.25) is 15.2 Å². The number of aromatic nitrogens is 5. The van der Waals surface area contributed by atoms with Crippen molar-refractivity contribution in [3.8, 4) is 17.3 Å². The van der Waals surface area contributed by atoms with Gasteiger partial charge >= 0.3 is 12.2 Å². The molecule has 2 amide bonds. The molecule has 1 N–H and O–H groups in total. The summed E-state index contributed by atoms with van der Waals surface area (Å²) in [5, 5.41) is 21.3. The minimum absolute atomic E-state index is 0.0000120. The van der Waals surface area contributed by atoms with Crippen LogP contribution in [-0.4, -0.2) is 86.7 Å². The van der Waals surface area contributed by atoms with Gasteiger partial charge in [0.1, 0.15) is 27.8 Å². The fourth-order valence-electron chi connectivity index (χ4n) is 6.50. The van der Waals surface area contributed by atoms with Crippen molar-refractivity contribution < 1.29 is 32.6 Å². The van der Waals surface area contributed by atoms with E-state index in [1.54, 1.807) is 53.7 Å². The first-order valence-corrected chi connectivity index (χ1v) is 18.6. The Morgan fingerprint density at radius 3 is 2.43 bits per heavy atom. The number of halogens is 2. The van der Waals surface area contributed by atoms with Gasteiger partial charge in [-0.15, -0.1) is 11.3 Å². The molecule has 0 unspecified atom stereocenters. The fourth-order valence-corrected chi connectivity index (χ4v) is 7.54. The van der Waals surface area contributed by atoms with E-state index in [1.165, 1.54) is 11.1 Å². The molecule has 18 heteroatoms. The predicted octanol–water partition coefficient (Wildman–Crippen LogP) is 6.92. The Kier molecular flexibility index (Phi) is 9.97. The Morgan fingerprint density at radius 2 is 1.79 bits per heavy atom. The number of carbonyl (C=O) groups is 2. The van der Waals surface area contributed by atoms with Gasteiger partial charge in [0, 0.05) is 36.3 Å². The molecule has 15 nitrogen and oxygen atoms in total. The highest BCUT2D eigenvalue weighted by molar-refractivity contribution is 7.23. The summed E-state index contributed by atoms with van der Waals surface area (Å²) < 4.78 is 50.5. The van der Waals surface area contributed by atoms with Crippen LogP contribution >= 0.6 is 11.3 Å². The van der Waals surface area contributed by atoms with Crippen LogP contribution in [0.25, 0.3) is 32.2 Å². The molecule has 6 heterocycles. The normalized spacial score (nSPS) is 14.5. The second-order valence-electron chi connectivity index (χ2n) is 15.7. The number of benzene rings is 1. The van der Waals surface area contributed by atoms with Crippen molar-refractivity contribution in [3.05, 3.63) is 58.5 Å². The molecular weight excluding hydrogens is 747 g/mol. The van der Waals surface area contributed by atoms with Gasteiger partial charge in [-0.1, -0.05) is 0 Å². The molecule has 1 saturated heterocycles. The molecule has 7 rings (SSSR count). The standard InChI is InChI=1S/C38H40F2N10O5S/c1-37(2,3)54-35(51)46-33-21(12-41)26-29(42-13-24(39)31(26)56-33)25-22-17-53-18-23(22)27-30(28(25)40)44-34(49-15-20(16-49)48(7)8)45-32(27)50(36(52)55-38(4,5)6)14-19-10-9-11-43-47-19/h9-11,13,20H,14-18H2,1-8H3,(H,46,51). The lowest BCUT2D eigenvalue weighted by Gasteiger charge is -2.43. The van der Waals surface area contributed by atoms with Gasteiger partial charge in [0.05, 0.1) is 53.0 Å². The summed E-state index contributed by atoms with van der Waals surface area (Å²) in [6.07, 6.45) is 0.845. The molecule has 4 aromatic heterocycles. The van der Waals surface area contributed by atoms with Crippen molar-refractivity contribution in [2.75, 3.05) is 42.3 Å². The average molecular weight is 787 g/mol. The van der Waals surface area contributed by atoms with E-state index in [2.05, 4.69) is 31.5 Å². The van der Waals surface area contributed by atoms with E-state index in [-0.39, 0.29) is 80.4 Å². The molecule has 1 aromatic carbocycles. The second kappa shape index (κ2) is 14.5. The van der Waals surface area contributed by atoms with E-state index >= 15 is 8.78 Å². The molecular formula is C38H40F2N10O5S. The number of ether oxygens (including phenoxy) is 3. The fraction of sp³-hybridized carbons (Fsp3) is 0.421. The summed E-state index contributed by atoms with van der Waals surface area (Å²) in [7, 11) is 3.92. The molecule has 2 aliphatic rings. The number of anilines is 3.